The molecular weight excluding hydrogens is 422 g/mol. The highest BCUT2D eigenvalue weighted by atomic mass is 16.2. The number of likely N-dealkylation sites (tertiary alicyclic amines) is 1. The Kier molecular flexibility index (Phi) is 4.81. The van der Waals surface area contributed by atoms with Gasteiger partial charge in [0.1, 0.15) is 5.41 Å². The van der Waals surface area contributed by atoms with Crippen molar-refractivity contribution >= 4 is 23.1 Å². The number of nitriles is 1. The van der Waals surface area contributed by atoms with E-state index in [0.717, 1.165) is 12.1 Å². The molecule has 170 valence electrons. The second-order valence-corrected chi connectivity index (χ2v) is 8.91. The van der Waals surface area contributed by atoms with E-state index in [1.165, 1.54) is 6.20 Å². The average molecular weight is 448 g/mol. The molecule has 0 radical (unpaired) electrons. The molecule has 2 atom stereocenters. The van der Waals surface area contributed by atoms with Crippen molar-refractivity contribution in [2.24, 2.45) is 17.1 Å². The molecule has 4 heterocycles. The molecule has 2 amide bonds. The van der Waals surface area contributed by atoms with Gasteiger partial charge in [0, 0.05) is 37.4 Å². The summed E-state index contributed by atoms with van der Waals surface area (Å²) in [5, 5.41) is 21.4. The van der Waals surface area contributed by atoms with E-state index in [2.05, 4.69) is 21.6 Å². The molecule has 1 saturated carbocycles. The Balaban J connectivity index is 1.47. The summed E-state index contributed by atoms with van der Waals surface area (Å²) in [5.74, 6) is -0.613. The summed E-state index contributed by atoms with van der Waals surface area (Å²) in [6, 6.07) is 2.05. The zero-order chi connectivity index (χ0) is 23.3. The first-order chi connectivity index (χ1) is 15.8. The Labute approximate surface area is 190 Å². The van der Waals surface area contributed by atoms with Crippen molar-refractivity contribution in [1.82, 2.24) is 29.3 Å². The van der Waals surface area contributed by atoms with Gasteiger partial charge in [0.25, 0.3) is 5.91 Å². The fourth-order valence-corrected chi connectivity index (χ4v) is 4.38. The van der Waals surface area contributed by atoms with Crippen molar-refractivity contribution in [2.75, 3.05) is 18.4 Å². The van der Waals surface area contributed by atoms with E-state index in [-0.39, 0.29) is 23.4 Å². The van der Waals surface area contributed by atoms with Crippen LogP contribution in [0.5, 0.6) is 0 Å². The van der Waals surface area contributed by atoms with Crippen LogP contribution in [0.2, 0.25) is 0 Å². The molecule has 33 heavy (non-hydrogen) atoms. The lowest BCUT2D eigenvalue weighted by atomic mass is 10.1. The molecule has 0 spiro atoms. The fourth-order valence-electron chi connectivity index (χ4n) is 4.38. The van der Waals surface area contributed by atoms with Crippen LogP contribution in [0, 0.1) is 22.7 Å². The average Bonchev–Trinajstić information content (AvgIpc) is 3.13. The number of primary amides is 1. The molecule has 0 unspecified atom stereocenters. The molecule has 11 heteroatoms. The zero-order valence-electron chi connectivity index (χ0n) is 18.5. The van der Waals surface area contributed by atoms with E-state index < -0.39 is 11.3 Å². The third-order valence-corrected chi connectivity index (χ3v) is 6.61. The van der Waals surface area contributed by atoms with Gasteiger partial charge in [-0.25, -0.2) is 9.50 Å². The van der Waals surface area contributed by atoms with E-state index in [0.29, 0.717) is 43.0 Å². The number of nitrogens with zero attached hydrogens (tertiary/aromatic N) is 7. The molecule has 3 N–H and O–H groups in total. The SMILES string of the molecule is CCn1cc(-c2cn3ncc(C(N)=O)c(N[C@@H]4CN(C(=O)C5(C#N)CC5)C[C@H]4C)c3n2)cn1. The quantitative estimate of drug-likeness (QED) is 0.578. The summed E-state index contributed by atoms with van der Waals surface area (Å²) < 4.78 is 3.41. The molecule has 2 aliphatic rings. The van der Waals surface area contributed by atoms with Gasteiger partial charge in [0.05, 0.1) is 41.6 Å². The topological polar surface area (TPSA) is 147 Å². The first-order valence-electron chi connectivity index (χ1n) is 11.0. The largest absolute Gasteiger partial charge is 0.376 e. The van der Waals surface area contributed by atoms with Crippen LogP contribution < -0.4 is 11.1 Å². The number of aryl methyl sites for hydroxylation is 1. The van der Waals surface area contributed by atoms with Crippen LogP contribution in [0.1, 0.15) is 37.0 Å². The highest BCUT2D eigenvalue weighted by molar-refractivity contribution is 6.01. The Morgan fingerprint density at radius 2 is 2.06 bits per heavy atom. The molecule has 3 aromatic rings. The smallest absolute Gasteiger partial charge is 0.252 e. The van der Waals surface area contributed by atoms with E-state index in [1.807, 2.05) is 20.0 Å². The minimum atomic E-state index is -0.849. The molecular formula is C22H25N9O2. The number of hydrogen-bond donors (Lipinski definition) is 2. The van der Waals surface area contributed by atoms with E-state index in [1.54, 1.807) is 26.5 Å². The lowest BCUT2D eigenvalue weighted by Crippen LogP contribution is -2.36. The van der Waals surface area contributed by atoms with Gasteiger partial charge in [-0.1, -0.05) is 6.92 Å². The second-order valence-electron chi connectivity index (χ2n) is 8.91. The Bertz CT molecular complexity index is 1300. The molecule has 2 fully saturated rings. The third-order valence-electron chi connectivity index (χ3n) is 6.61. The third kappa shape index (κ3) is 3.47. The first kappa shape index (κ1) is 20.9. The summed E-state index contributed by atoms with van der Waals surface area (Å²) in [4.78, 5) is 31.5. The van der Waals surface area contributed by atoms with Gasteiger partial charge >= 0.3 is 0 Å². The second kappa shape index (κ2) is 7.58. The maximum atomic E-state index is 12.8. The van der Waals surface area contributed by atoms with Crippen LogP contribution in [-0.4, -0.2) is 60.2 Å². The molecule has 0 bridgehead atoms. The van der Waals surface area contributed by atoms with Gasteiger partial charge in [-0.3, -0.25) is 14.3 Å². The van der Waals surface area contributed by atoms with Crippen molar-refractivity contribution in [1.29, 1.82) is 5.26 Å². The van der Waals surface area contributed by atoms with Crippen LogP contribution in [0.15, 0.2) is 24.8 Å². The standard InChI is InChI=1S/C22H25N9O2/c1-3-30-9-14(6-25-30)17-11-31-20(28-17)18(15(7-26-31)19(24)32)27-16-10-29(8-13(16)2)21(33)22(12-23)4-5-22/h6-7,9,11,13,16,27H,3-5,8,10H2,1-2H3,(H2,24,32)/t13-,16-/m1/s1. The lowest BCUT2D eigenvalue weighted by molar-refractivity contribution is -0.134. The highest BCUT2D eigenvalue weighted by Gasteiger charge is 2.54. The minimum Gasteiger partial charge on any atom is -0.376 e. The van der Waals surface area contributed by atoms with Crippen LogP contribution in [-0.2, 0) is 11.3 Å². The maximum absolute atomic E-state index is 12.8. The number of fused-ring (bicyclic) bond motifs is 1. The maximum Gasteiger partial charge on any atom is 0.252 e. The van der Waals surface area contributed by atoms with Crippen molar-refractivity contribution in [3.05, 3.63) is 30.4 Å². The summed E-state index contributed by atoms with van der Waals surface area (Å²) in [7, 11) is 0. The van der Waals surface area contributed by atoms with Crippen molar-refractivity contribution in [3.8, 4) is 17.3 Å². The Morgan fingerprint density at radius 1 is 1.27 bits per heavy atom. The van der Waals surface area contributed by atoms with Gasteiger partial charge < -0.3 is 16.0 Å². The van der Waals surface area contributed by atoms with Crippen LogP contribution in [0.25, 0.3) is 16.9 Å². The molecule has 0 aromatic carbocycles. The number of nitrogens with two attached hydrogens (primary N) is 1. The van der Waals surface area contributed by atoms with Gasteiger partial charge in [0.15, 0.2) is 5.65 Å². The van der Waals surface area contributed by atoms with Gasteiger partial charge in [0.2, 0.25) is 5.91 Å². The number of rotatable bonds is 6. The van der Waals surface area contributed by atoms with E-state index in [9.17, 15) is 14.9 Å². The number of anilines is 1. The van der Waals surface area contributed by atoms with Crippen molar-refractivity contribution in [3.63, 3.8) is 0 Å². The van der Waals surface area contributed by atoms with Gasteiger partial charge in [-0.2, -0.15) is 15.5 Å². The monoisotopic (exact) mass is 447 g/mol. The number of aromatic nitrogens is 5. The van der Waals surface area contributed by atoms with Crippen LogP contribution >= 0.6 is 0 Å². The molecule has 11 nitrogen and oxygen atoms in total. The van der Waals surface area contributed by atoms with Gasteiger partial charge in [-0.15, -0.1) is 0 Å². The summed E-state index contributed by atoms with van der Waals surface area (Å²) >= 11 is 0. The molecule has 1 aliphatic carbocycles. The lowest BCUT2D eigenvalue weighted by Gasteiger charge is -2.21. The van der Waals surface area contributed by atoms with E-state index >= 15 is 0 Å². The van der Waals surface area contributed by atoms with Crippen LogP contribution in [0.3, 0.4) is 0 Å². The molecule has 5 rings (SSSR count). The van der Waals surface area contributed by atoms with Gasteiger partial charge in [-0.05, 0) is 25.7 Å². The number of amides is 2. The molecule has 3 aromatic heterocycles. The number of nitrogens with one attached hydrogen (secondary N) is 1. The number of carbonyl (C=O) groups excluding carboxylic acids is 2. The highest BCUT2D eigenvalue weighted by Crippen LogP contribution is 2.47. The Hall–Kier alpha value is -3.94. The number of carbonyl (C=O) groups is 2. The predicted molar refractivity (Wildman–Crippen MR) is 119 cm³/mol. The molecule has 1 aliphatic heterocycles. The summed E-state index contributed by atoms with van der Waals surface area (Å²) in [6.07, 6.45) is 8.07. The fraction of sp³-hybridized carbons (Fsp3) is 0.455. The van der Waals surface area contributed by atoms with E-state index in [4.69, 9.17) is 10.7 Å². The number of imidazole rings is 1. The molecule has 1 saturated heterocycles. The predicted octanol–water partition coefficient (Wildman–Crippen LogP) is 1.27. The van der Waals surface area contributed by atoms with Crippen LogP contribution in [0.4, 0.5) is 5.69 Å². The summed E-state index contributed by atoms with van der Waals surface area (Å²) in [5.41, 5.74) is 7.50. The van der Waals surface area contributed by atoms with Crippen molar-refractivity contribution < 1.29 is 9.59 Å². The zero-order valence-corrected chi connectivity index (χ0v) is 18.5. The Morgan fingerprint density at radius 3 is 2.70 bits per heavy atom. The summed E-state index contributed by atoms with van der Waals surface area (Å²) in [6.45, 7) is 5.76. The minimum absolute atomic E-state index is 0.104. The first-order valence-corrected chi connectivity index (χ1v) is 11.0. The number of hydrogen-bond acceptors (Lipinski definition) is 7. The van der Waals surface area contributed by atoms with Crippen molar-refractivity contribution in [2.45, 2.75) is 39.3 Å². The normalized spacial score (nSPS) is 21.2.